The van der Waals surface area contributed by atoms with Crippen LogP contribution in [0, 0.1) is 19.7 Å². The Morgan fingerprint density at radius 1 is 1.00 bits per heavy atom. The van der Waals surface area contributed by atoms with Crippen LogP contribution in [0.1, 0.15) is 32.2 Å². The monoisotopic (exact) mass is 614 g/mol. The van der Waals surface area contributed by atoms with Crippen molar-refractivity contribution in [3.05, 3.63) is 81.9 Å². The average Bonchev–Trinajstić information content (AvgIpc) is 3.40. The van der Waals surface area contributed by atoms with Gasteiger partial charge in [0.15, 0.2) is 5.13 Å². The molecule has 1 amide bonds. The summed E-state index contributed by atoms with van der Waals surface area (Å²) >= 11 is 1.03. The summed E-state index contributed by atoms with van der Waals surface area (Å²) in [5, 5.41) is 8.86. The highest BCUT2D eigenvalue weighted by atomic mass is 32.1. The van der Waals surface area contributed by atoms with E-state index >= 15 is 0 Å². The minimum absolute atomic E-state index is 0.0959. The molecule has 1 aliphatic rings. The van der Waals surface area contributed by atoms with E-state index in [-0.39, 0.29) is 34.2 Å². The summed E-state index contributed by atoms with van der Waals surface area (Å²) in [6, 6.07) is 10.2. The fraction of sp³-hybridized carbons (Fsp3) is 0.310. The predicted molar refractivity (Wildman–Crippen MR) is 159 cm³/mol. The number of hydrogen-bond acceptors (Lipinski definition) is 9. The van der Waals surface area contributed by atoms with Crippen LogP contribution in [0.4, 0.5) is 45.7 Å². The van der Waals surface area contributed by atoms with E-state index in [1.54, 1.807) is 32.0 Å². The molecule has 3 N–H and O–H groups in total. The van der Waals surface area contributed by atoms with Crippen LogP contribution in [0.3, 0.4) is 0 Å². The van der Waals surface area contributed by atoms with Crippen molar-refractivity contribution in [2.24, 2.45) is 0 Å². The second-order valence-corrected chi connectivity index (χ2v) is 11.3. The fourth-order valence-corrected chi connectivity index (χ4v) is 5.38. The molecular weight excluding hydrogens is 584 g/mol. The molecular formula is C29H30F4N8OS. The Bertz CT molecular complexity index is 1600. The van der Waals surface area contributed by atoms with Crippen molar-refractivity contribution in [3.63, 3.8) is 0 Å². The molecule has 1 saturated heterocycles. The number of aromatic nitrogens is 3. The Morgan fingerprint density at radius 2 is 1.72 bits per heavy atom. The van der Waals surface area contributed by atoms with Crippen molar-refractivity contribution in [3.8, 4) is 0 Å². The van der Waals surface area contributed by atoms with Crippen molar-refractivity contribution in [2.45, 2.75) is 26.6 Å². The standard InChI is InChI=1S/C29H30F4N8OS/c1-17-5-4-6-22(30)26(17)39-27(42)23-15-34-28(43-23)38-25-14-24(35-18(2)36-25)37-20-8-7-19(21(13-20)29(31,32)33)16-41-11-9-40(3)10-12-41/h4-8,13-15H,9-12,16H2,1-3H3,(H,39,42)(H2,34,35,36,37,38). The average molecular weight is 615 g/mol. The number of benzene rings is 2. The van der Waals surface area contributed by atoms with Crippen LogP contribution in [0.15, 0.2) is 48.7 Å². The molecule has 0 unspecified atom stereocenters. The quantitative estimate of drug-likeness (QED) is 0.202. The van der Waals surface area contributed by atoms with Gasteiger partial charge in [-0.3, -0.25) is 9.69 Å². The van der Waals surface area contributed by atoms with Crippen LogP contribution >= 0.6 is 11.3 Å². The highest BCUT2D eigenvalue weighted by Gasteiger charge is 2.34. The van der Waals surface area contributed by atoms with Crippen LogP contribution in [0.25, 0.3) is 0 Å². The molecule has 2 aromatic carbocycles. The summed E-state index contributed by atoms with van der Waals surface area (Å²) in [4.78, 5) is 29.9. The highest BCUT2D eigenvalue weighted by molar-refractivity contribution is 7.17. The maximum absolute atomic E-state index is 14.1. The Hall–Kier alpha value is -4.14. The number of para-hydroxylation sites is 1. The lowest BCUT2D eigenvalue weighted by Crippen LogP contribution is -2.44. The zero-order chi connectivity index (χ0) is 30.7. The maximum atomic E-state index is 14.1. The maximum Gasteiger partial charge on any atom is 0.416 e. The van der Waals surface area contributed by atoms with Gasteiger partial charge in [0.05, 0.1) is 17.4 Å². The first-order chi connectivity index (χ1) is 20.4. The minimum Gasteiger partial charge on any atom is -0.340 e. The summed E-state index contributed by atoms with van der Waals surface area (Å²) in [5.74, 6) is -0.0977. The van der Waals surface area contributed by atoms with Crippen LogP contribution < -0.4 is 16.0 Å². The van der Waals surface area contributed by atoms with E-state index in [0.29, 0.717) is 35.4 Å². The lowest BCUT2D eigenvalue weighted by molar-refractivity contribution is -0.138. The molecule has 226 valence electrons. The van der Waals surface area contributed by atoms with Gasteiger partial charge in [-0.05, 0) is 50.2 Å². The van der Waals surface area contributed by atoms with Crippen molar-refractivity contribution in [1.29, 1.82) is 0 Å². The van der Waals surface area contributed by atoms with E-state index in [4.69, 9.17) is 0 Å². The molecule has 1 fully saturated rings. The van der Waals surface area contributed by atoms with Gasteiger partial charge in [-0.2, -0.15) is 13.2 Å². The first kappa shape index (κ1) is 30.3. The molecule has 9 nitrogen and oxygen atoms in total. The van der Waals surface area contributed by atoms with Crippen LogP contribution in [0.2, 0.25) is 0 Å². The number of likely N-dealkylation sites (N-methyl/N-ethyl adjacent to an activating group) is 1. The molecule has 43 heavy (non-hydrogen) atoms. The molecule has 0 aliphatic carbocycles. The zero-order valence-corrected chi connectivity index (χ0v) is 24.5. The van der Waals surface area contributed by atoms with Gasteiger partial charge in [-0.25, -0.2) is 19.3 Å². The summed E-state index contributed by atoms with van der Waals surface area (Å²) < 4.78 is 56.2. The summed E-state index contributed by atoms with van der Waals surface area (Å²) in [6.45, 7) is 6.60. The third-order valence-electron chi connectivity index (χ3n) is 6.94. The molecule has 0 bridgehead atoms. The molecule has 2 aromatic heterocycles. The van der Waals surface area contributed by atoms with Gasteiger partial charge in [-0.1, -0.05) is 29.5 Å². The number of rotatable bonds is 8. The molecule has 14 heteroatoms. The first-order valence-corrected chi connectivity index (χ1v) is 14.3. The van der Waals surface area contributed by atoms with Crippen molar-refractivity contribution < 1.29 is 22.4 Å². The molecule has 3 heterocycles. The second-order valence-electron chi connectivity index (χ2n) is 10.3. The number of amides is 1. The third-order valence-corrected chi connectivity index (χ3v) is 7.85. The van der Waals surface area contributed by atoms with Gasteiger partial charge in [-0.15, -0.1) is 0 Å². The number of anilines is 5. The smallest absolute Gasteiger partial charge is 0.340 e. The summed E-state index contributed by atoms with van der Waals surface area (Å²) in [6.07, 6.45) is -3.16. The number of nitrogens with zero attached hydrogens (tertiary/aromatic N) is 5. The van der Waals surface area contributed by atoms with Crippen molar-refractivity contribution in [1.82, 2.24) is 24.8 Å². The van der Waals surface area contributed by atoms with Gasteiger partial charge < -0.3 is 20.9 Å². The Balaban J connectivity index is 1.29. The van der Waals surface area contributed by atoms with Gasteiger partial charge in [0, 0.05) is 44.5 Å². The topological polar surface area (TPSA) is 98.3 Å². The number of hydrogen-bond donors (Lipinski definition) is 3. The predicted octanol–water partition coefficient (Wildman–Crippen LogP) is 6.19. The van der Waals surface area contributed by atoms with Crippen LogP contribution in [-0.4, -0.2) is 63.9 Å². The largest absolute Gasteiger partial charge is 0.416 e. The SMILES string of the molecule is Cc1nc(Nc2ccc(CN3CCN(C)CC3)c(C(F)(F)F)c2)cc(Nc2ncc(C(=O)Nc3c(C)cccc3F)s2)n1. The van der Waals surface area contributed by atoms with E-state index in [1.807, 2.05) is 11.9 Å². The Morgan fingerprint density at radius 3 is 2.42 bits per heavy atom. The highest BCUT2D eigenvalue weighted by Crippen LogP contribution is 2.35. The molecule has 0 saturated carbocycles. The van der Waals surface area contributed by atoms with Gasteiger partial charge >= 0.3 is 6.18 Å². The summed E-state index contributed by atoms with van der Waals surface area (Å²) in [7, 11) is 2.00. The van der Waals surface area contributed by atoms with E-state index in [0.717, 1.165) is 30.5 Å². The number of carbonyl (C=O) groups excluding carboxylic acids is 1. The first-order valence-electron chi connectivity index (χ1n) is 13.5. The number of piperazine rings is 1. The van der Waals surface area contributed by atoms with E-state index < -0.39 is 23.5 Å². The molecule has 1 aliphatic heterocycles. The van der Waals surface area contributed by atoms with Crippen LogP contribution in [0.5, 0.6) is 0 Å². The number of nitrogens with one attached hydrogen (secondary N) is 3. The minimum atomic E-state index is -4.52. The third kappa shape index (κ3) is 7.63. The lowest BCUT2D eigenvalue weighted by atomic mass is 10.0. The number of aryl methyl sites for hydroxylation is 2. The van der Waals surface area contributed by atoms with Gasteiger partial charge in [0.1, 0.15) is 28.2 Å². The molecule has 0 spiro atoms. The molecule has 5 rings (SSSR count). The number of alkyl halides is 3. The second kappa shape index (κ2) is 12.6. The normalized spacial score (nSPS) is 14.5. The molecule has 4 aromatic rings. The van der Waals surface area contributed by atoms with E-state index in [9.17, 15) is 22.4 Å². The fourth-order valence-electron chi connectivity index (χ4n) is 4.66. The van der Waals surface area contributed by atoms with Crippen LogP contribution in [-0.2, 0) is 12.7 Å². The number of halogens is 4. The lowest BCUT2D eigenvalue weighted by Gasteiger charge is -2.33. The van der Waals surface area contributed by atoms with E-state index in [1.165, 1.54) is 24.4 Å². The number of carbonyl (C=O) groups is 1. The van der Waals surface area contributed by atoms with Gasteiger partial charge in [0.25, 0.3) is 5.91 Å². The Labute approximate surface area is 250 Å². The summed E-state index contributed by atoms with van der Waals surface area (Å²) in [5.41, 5.74) is 0.436. The number of thiazole rings is 1. The van der Waals surface area contributed by atoms with Crippen molar-refractivity contribution in [2.75, 3.05) is 49.2 Å². The van der Waals surface area contributed by atoms with Gasteiger partial charge in [0.2, 0.25) is 0 Å². The zero-order valence-electron chi connectivity index (χ0n) is 23.7. The van der Waals surface area contributed by atoms with Crippen molar-refractivity contribution >= 4 is 45.4 Å². The van der Waals surface area contributed by atoms with E-state index in [2.05, 4.69) is 35.8 Å². The molecule has 0 atom stereocenters. The molecule has 0 radical (unpaired) electrons. The Kier molecular flexibility index (Phi) is 8.89.